The summed E-state index contributed by atoms with van der Waals surface area (Å²) in [5.74, 6) is 1.90. The number of rotatable bonds is 7. The summed E-state index contributed by atoms with van der Waals surface area (Å²) in [6, 6.07) is 13.3. The molecule has 2 rings (SSSR count). The van der Waals surface area contributed by atoms with Gasteiger partial charge in [-0.25, -0.2) is 0 Å². The van der Waals surface area contributed by atoms with Crippen LogP contribution < -0.4 is 9.47 Å². The molecule has 2 aromatic rings. The van der Waals surface area contributed by atoms with Gasteiger partial charge in [-0.3, -0.25) is 4.98 Å². The molecule has 0 saturated heterocycles. The monoisotopic (exact) mass is 287 g/mol. The minimum Gasteiger partial charge on any atom is -0.491 e. The van der Waals surface area contributed by atoms with Gasteiger partial charge < -0.3 is 14.6 Å². The second kappa shape index (κ2) is 7.64. The third-order valence-electron chi connectivity index (χ3n) is 2.99. The highest BCUT2D eigenvalue weighted by molar-refractivity contribution is 5.31. The normalized spacial score (nSPS) is 10.7. The molecule has 0 fully saturated rings. The maximum atomic E-state index is 8.70. The van der Waals surface area contributed by atoms with Crippen LogP contribution in [0, 0.1) is 0 Å². The summed E-state index contributed by atoms with van der Waals surface area (Å²) in [5.41, 5.74) is 1.99. The average molecular weight is 287 g/mol. The molecule has 1 heterocycles. The largest absolute Gasteiger partial charge is 0.491 e. The summed E-state index contributed by atoms with van der Waals surface area (Å²) in [4.78, 5) is 4.57. The van der Waals surface area contributed by atoms with Crippen LogP contribution >= 0.6 is 0 Å². The molecule has 4 nitrogen and oxygen atoms in total. The first-order chi connectivity index (χ1) is 10.2. The summed E-state index contributed by atoms with van der Waals surface area (Å²) in [5, 5.41) is 8.70. The Balaban J connectivity index is 1.92. The van der Waals surface area contributed by atoms with E-state index in [2.05, 4.69) is 18.8 Å². The van der Waals surface area contributed by atoms with Gasteiger partial charge in [0.1, 0.15) is 24.7 Å². The standard InChI is InChI=1S/C17H21NO3/c1-13(2)17-5-3-4-14(18-17)12-21-16-8-6-15(7-9-16)20-11-10-19/h3-9,13,19H,10-12H2,1-2H3. The molecule has 1 N–H and O–H groups in total. The van der Waals surface area contributed by atoms with Crippen molar-refractivity contribution in [2.24, 2.45) is 0 Å². The fraction of sp³-hybridized carbons (Fsp3) is 0.353. The van der Waals surface area contributed by atoms with Crippen LogP contribution in [0.15, 0.2) is 42.5 Å². The van der Waals surface area contributed by atoms with E-state index in [1.165, 1.54) is 0 Å². The van der Waals surface area contributed by atoms with Crippen LogP contribution in [0.3, 0.4) is 0 Å². The molecule has 0 amide bonds. The smallest absolute Gasteiger partial charge is 0.130 e. The van der Waals surface area contributed by atoms with E-state index < -0.39 is 0 Å². The Morgan fingerprint density at radius 3 is 2.29 bits per heavy atom. The lowest BCUT2D eigenvalue weighted by Crippen LogP contribution is -2.02. The zero-order valence-electron chi connectivity index (χ0n) is 12.5. The molecule has 1 aromatic carbocycles. The zero-order valence-corrected chi connectivity index (χ0v) is 12.5. The highest BCUT2D eigenvalue weighted by atomic mass is 16.5. The van der Waals surface area contributed by atoms with Crippen LogP contribution in [0.5, 0.6) is 11.5 Å². The predicted octanol–water partition coefficient (Wildman–Crippen LogP) is 3.16. The van der Waals surface area contributed by atoms with Gasteiger partial charge in [0, 0.05) is 5.69 Å². The summed E-state index contributed by atoms with van der Waals surface area (Å²) in [7, 11) is 0. The van der Waals surface area contributed by atoms with Gasteiger partial charge in [-0.2, -0.15) is 0 Å². The van der Waals surface area contributed by atoms with Crippen LogP contribution in [-0.2, 0) is 6.61 Å². The van der Waals surface area contributed by atoms with Crippen LogP contribution in [0.1, 0.15) is 31.2 Å². The molecule has 0 aliphatic rings. The van der Waals surface area contributed by atoms with Crippen molar-refractivity contribution in [3.8, 4) is 11.5 Å². The summed E-state index contributed by atoms with van der Waals surface area (Å²) < 4.78 is 11.0. The number of hydrogen-bond acceptors (Lipinski definition) is 4. The number of aromatic nitrogens is 1. The van der Waals surface area contributed by atoms with Gasteiger partial charge in [0.15, 0.2) is 0 Å². The van der Waals surface area contributed by atoms with E-state index in [1.54, 1.807) is 0 Å². The van der Waals surface area contributed by atoms with Crippen molar-refractivity contribution in [2.75, 3.05) is 13.2 Å². The van der Waals surface area contributed by atoms with Crippen LogP contribution in [-0.4, -0.2) is 23.3 Å². The van der Waals surface area contributed by atoms with Crippen molar-refractivity contribution in [3.05, 3.63) is 53.9 Å². The van der Waals surface area contributed by atoms with Crippen molar-refractivity contribution >= 4 is 0 Å². The number of aliphatic hydroxyl groups is 1. The molecule has 4 heteroatoms. The third kappa shape index (κ3) is 4.76. The van der Waals surface area contributed by atoms with Crippen LogP contribution in [0.4, 0.5) is 0 Å². The quantitative estimate of drug-likeness (QED) is 0.850. The lowest BCUT2D eigenvalue weighted by molar-refractivity contribution is 0.201. The van der Waals surface area contributed by atoms with E-state index in [1.807, 2.05) is 42.5 Å². The van der Waals surface area contributed by atoms with Gasteiger partial charge >= 0.3 is 0 Å². The summed E-state index contributed by atoms with van der Waals surface area (Å²) >= 11 is 0. The van der Waals surface area contributed by atoms with E-state index in [4.69, 9.17) is 14.6 Å². The van der Waals surface area contributed by atoms with Crippen LogP contribution in [0.2, 0.25) is 0 Å². The molecular formula is C17H21NO3. The molecule has 0 aliphatic heterocycles. The van der Waals surface area contributed by atoms with E-state index in [-0.39, 0.29) is 6.61 Å². The van der Waals surface area contributed by atoms with Crippen molar-refractivity contribution in [2.45, 2.75) is 26.4 Å². The fourth-order valence-electron chi connectivity index (χ4n) is 1.85. The number of pyridine rings is 1. The van der Waals surface area contributed by atoms with Crippen molar-refractivity contribution in [1.29, 1.82) is 0 Å². The second-order valence-corrected chi connectivity index (χ2v) is 5.04. The Bertz CT molecular complexity index is 552. The van der Waals surface area contributed by atoms with E-state index >= 15 is 0 Å². The average Bonchev–Trinajstić information content (AvgIpc) is 2.52. The summed E-state index contributed by atoms with van der Waals surface area (Å²) in [6.07, 6.45) is 0. The Morgan fingerprint density at radius 1 is 1.00 bits per heavy atom. The molecule has 21 heavy (non-hydrogen) atoms. The number of ether oxygens (including phenoxy) is 2. The number of hydrogen-bond donors (Lipinski definition) is 1. The molecule has 1 aromatic heterocycles. The van der Waals surface area contributed by atoms with Gasteiger partial charge in [0.25, 0.3) is 0 Å². The Kier molecular flexibility index (Phi) is 5.58. The Hall–Kier alpha value is -2.07. The fourth-order valence-corrected chi connectivity index (χ4v) is 1.85. The highest BCUT2D eigenvalue weighted by Crippen LogP contribution is 2.19. The summed E-state index contributed by atoms with van der Waals surface area (Å²) in [6.45, 7) is 5.00. The van der Waals surface area contributed by atoms with Gasteiger partial charge in [-0.1, -0.05) is 19.9 Å². The van der Waals surface area contributed by atoms with E-state index in [0.717, 1.165) is 22.9 Å². The molecule has 0 aliphatic carbocycles. The Morgan fingerprint density at radius 2 is 1.67 bits per heavy atom. The lowest BCUT2D eigenvalue weighted by atomic mass is 10.1. The number of aliphatic hydroxyl groups excluding tert-OH is 1. The molecule has 0 bridgehead atoms. The molecule has 112 valence electrons. The van der Waals surface area contributed by atoms with Crippen molar-refractivity contribution in [1.82, 2.24) is 4.98 Å². The first-order valence-corrected chi connectivity index (χ1v) is 7.11. The lowest BCUT2D eigenvalue weighted by Gasteiger charge is -2.09. The van der Waals surface area contributed by atoms with Crippen molar-refractivity contribution in [3.63, 3.8) is 0 Å². The zero-order chi connectivity index (χ0) is 15.1. The molecule has 0 saturated carbocycles. The SMILES string of the molecule is CC(C)c1cccc(COc2ccc(OCCO)cc2)n1. The first-order valence-electron chi connectivity index (χ1n) is 7.11. The van der Waals surface area contributed by atoms with Gasteiger partial charge in [-0.15, -0.1) is 0 Å². The van der Waals surface area contributed by atoms with Gasteiger partial charge in [-0.05, 0) is 42.3 Å². The van der Waals surface area contributed by atoms with Crippen LogP contribution in [0.25, 0.3) is 0 Å². The minimum absolute atomic E-state index is 0.0100. The van der Waals surface area contributed by atoms with E-state index in [9.17, 15) is 0 Å². The predicted molar refractivity (Wildman–Crippen MR) is 81.7 cm³/mol. The molecule has 0 spiro atoms. The minimum atomic E-state index is 0.0100. The van der Waals surface area contributed by atoms with Gasteiger partial charge in [0.2, 0.25) is 0 Å². The third-order valence-corrected chi connectivity index (χ3v) is 2.99. The topological polar surface area (TPSA) is 51.6 Å². The molecule has 0 unspecified atom stereocenters. The second-order valence-electron chi connectivity index (χ2n) is 5.04. The van der Waals surface area contributed by atoms with E-state index in [0.29, 0.717) is 19.1 Å². The first kappa shape index (κ1) is 15.3. The number of nitrogens with zero attached hydrogens (tertiary/aromatic N) is 1. The maximum absolute atomic E-state index is 8.70. The Labute approximate surface area is 125 Å². The molecule has 0 radical (unpaired) electrons. The highest BCUT2D eigenvalue weighted by Gasteiger charge is 2.03. The molecular weight excluding hydrogens is 266 g/mol. The maximum Gasteiger partial charge on any atom is 0.130 e. The van der Waals surface area contributed by atoms with Gasteiger partial charge in [0.05, 0.1) is 12.3 Å². The van der Waals surface area contributed by atoms with Crippen molar-refractivity contribution < 1.29 is 14.6 Å². The number of benzene rings is 1. The molecule has 0 atom stereocenters.